The van der Waals surface area contributed by atoms with Crippen LogP contribution in [0.2, 0.25) is 10.2 Å². The van der Waals surface area contributed by atoms with Crippen LogP contribution in [0.5, 0.6) is 0 Å². The van der Waals surface area contributed by atoms with Crippen molar-refractivity contribution in [1.82, 2.24) is 0 Å². The maximum absolute atomic E-state index is 12.0. The zero-order valence-electron chi connectivity index (χ0n) is 8.43. The number of benzene rings is 1. The number of rotatable bonds is 4. The first-order valence-electron chi connectivity index (χ1n) is 4.72. The van der Waals surface area contributed by atoms with Crippen LogP contribution in [0.1, 0.15) is 13.3 Å². The van der Waals surface area contributed by atoms with Gasteiger partial charge < -0.3 is 0 Å². The first-order valence-corrected chi connectivity index (χ1v) is 8.97. The maximum atomic E-state index is 12.0. The van der Waals surface area contributed by atoms with Crippen LogP contribution < -0.4 is 4.35 Å². The predicted molar refractivity (Wildman–Crippen MR) is 60.9 cm³/mol. The molecule has 84 valence electrons. The summed E-state index contributed by atoms with van der Waals surface area (Å²) in [5, 5.41) is 9.60. The summed E-state index contributed by atoms with van der Waals surface area (Å²) in [5.41, 5.74) is 0. The number of aliphatic hydroxyl groups is 1. The quantitative estimate of drug-likeness (QED) is 0.820. The van der Waals surface area contributed by atoms with E-state index in [1.165, 1.54) is 0 Å². The fraction of sp³-hybridized carbons (Fsp3) is 0.400. The average molecular weight is 293 g/mol. The van der Waals surface area contributed by atoms with E-state index in [0.29, 0.717) is 11.4 Å². The molecule has 15 heavy (non-hydrogen) atoms. The molecule has 0 aromatic heterocycles. The van der Waals surface area contributed by atoms with Crippen LogP contribution in [0.3, 0.4) is 0 Å². The Labute approximate surface area is 96.7 Å². The standard InChI is InChI=1S/C10H14AsClO3/c1-2-8(13)7-11(14,15)9-5-3-4-6-10(9)12/h3-6,8,13H,2,7H2,1H3,(H,14,15). The summed E-state index contributed by atoms with van der Waals surface area (Å²) >= 11 is 1.64. The third kappa shape index (κ3) is 3.39. The number of hydrogen-bond acceptors (Lipinski definition) is 2. The van der Waals surface area contributed by atoms with Crippen molar-refractivity contribution in [2.45, 2.75) is 24.7 Å². The van der Waals surface area contributed by atoms with Gasteiger partial charge in [-0.2, -0.15) is 0 Å². The molecular formula is C10H14AsClO3. The Morgan fingerprint density at radius 2 is 2.07 bits per heavy atom. The van der Waals surface area contributed by atoms with Crippen molar-refractivity contribution >= 4 is 29.8 Å². The van der Waals surface area contributed by atoms with Crippen LogP contribution in [0, 0.1) is 0 Å². The van der Waals surface area contributed by atoms with E-state index in [4.69, 9.17) is 11.6 Å². The summed E-state index contributed by atoms with van der Waals surface area (Å²) < 4.78 is 22.1. The van der Waals surface area contributed by atoms with Crippen LogP contribution >= 0.6 is 11.6 Å². The molecule has 0 fully saturated rings. The first kappa shape index (κ1) is 12.9. The fourth-order valence-corrected chi connectivity index (χ4v) is 5.75. The Hall–Kier alpha value is -0.212. The van der Waals surface area contributed by atoms with Gasteiger partial charge in [-0.3, -0.25) is 0 Å². The molecule has 0 amide bonds. The molecule has 2 unspecified atom stereocenters. The Balaban J connectivity index is 2.96. The second-order valence-corrected chi connectivity index (χ2v) is 8.53. The summed E-state index contributed by atoms with van der Waals surface area (Å²) in [5.74, 6) is 0. The van der Waals surface area contributed by atoms with Crippen LogP contribution in [-0.4, -0.2) is 29.1 Å². The molecule has 1 aromatic carbocycles. The summed E-state index contributed by atoms with van der Waals surface area (Å²) in [6, 6.07) is 6.51. The van der Waals surface area contributed by atoms with E-state index in [0.717, 1.165) is 0 Å². The molecule has 2 atom stereocenters. The SMILES string of the molecule is CCC(O)C[As](=O)(O)c1ccccc1Cl. The Bertz CT molecular complexity index is 381. The Kier molecular flexibility index (Phi) is 4.47. The van der Waals surface area contributed by atoms with Gasteiger partial charge in [0.15, 0.2) is 0 Å². The zero-order chi connectivity index (χ0) is 11.5. The third-order valence-corrected chi connectivity index (χ3v) is 7.10. The molecule has 0 bridgehead atoms. The molecule has 0 radical (unpaired) electrons. The van der Waals surface area contributed by atoms with Gasteiger partial charge in [-0.25, -0.2) is 0 Å². The van der Waals surface area contributed by atoms with Gasteiger partial charge in [0.1, 0.15) is 0 Å². The first-order chi connectivity index (χ1) is 6.97. The van der Waals surface area contributed by atoms with Crippen LogP contribution in [0.4, 0.5) is 0 Å². The number of hydrogen-bond donors (Lipinski definition) is 2. The summed E-state index contributed by atoms with van der Waals surface area (Å²) in [6.07, 6.45) is -0.271. The van der Waals surface area contributed by atoms with Crippen molar-refractivity contribution in [3.63, 3.8) is 0 Å². The minimum atomic E-state index is -4.20. The molecule has 1 rings (SSSR count). The number of aliphatic hydroxyl groups excluding tert-OH is 1. The molecule has 0 aliphatic carbocycles. The van der Waals surface area contributed by atoms with Crippen molar-refractivity contribution in [3.8, 4) is 0 Å². The van der Waals surface area contributed by atoms with Crippen molar-refractivity contribution < 1.29 is 12.9 Å². The monoisotopic (exact) mass is 292 g/mol. The van der Waals surface area contributed by atoms with Gasteiger partial charge in [0.25, 0.3) is 0 Å². The second-order valence-electron chi connectivity index (χ2n) is 3.40. The minimum absolute atomic E-state index is 0.0848. The molecule has 5 heteroatoms. The molecular weight excluding hydrogens is 278 g/mol. The number of halogens is 1. The molecule has 3 nitrogen and oxygen atoms in total. The van der Waals surface area contributed by atoms with Gasteiger partial charge in [-0.1, -0.05) is 0 Å². The molecule has 0 heterocycles. The van der Waals surface area contributed by atoms with Crippen molar-refractivity contribution in [1.29, 1.82) is 0 Å². The van der Waals surface area contributed by atoms with Crippen LogP contribution in [0.25, 0.3) is 0 Å². The Morgan fingerprint density at radius 3 is 2.60 bits per heavy atom. The van der Waals surface area contributed by atoms with Crippen LogP contribution in [0.15, 0.2) is 24.3 Å². The van der Waals surface area contributed by atoms with Gasteiger partial charge in [0, 0.05) is 0 Å². The predicted octanol–water partition coefficient (Wildman–Crippen LogP) is 1.18. The van der Waals surface area contributed by atoms with E-state index in [9.17, 15) is 12.9 Å². The third-order valence-electron chi connectivity index (χ3n) is 2.16. The molecule has 2 N–H and O–H groups in total. The van der Waals surface area contributed by atoms with E-state index >= 15 is 0 Å². The average Bonchev–Trinajstić information content (AvgIpc) is 2.17. The van der Waals surface area contributed by atoms with Gasteiger partial charge in [-0.15, -0.1) is 0 Å². The summed E-state index contributed by atoms with van der Waals surface area (Å²) in [4.78, 5) is 0. The van der Waals surface area contributed by atoms with E-state index in [-0.39, 0.29) is 9.56 Å². The van der Waals surface area contributed by atoms with Gasteiger partial charge in [0.2, 0.25) is 0 Å². The van der Waals surface area contributed by atoms with Gasteiger partial charge in [0.05, 0.1) is 0 Å². The molecule has 0 aliphatic rings. The van der Waals surface area contributed by atoms with Crippen molar-refractivity contribution in [2.75, 3.05) is 0 Å². The topological polar surface area (TPSA) is 57.5 Å². The van der Waals surface area contributed by atoms with Crippen molar-refractivity contribution in [3.05, 3.63) is 29.3 Å². The van der Waals surface area contributed by atoms with Gasteiger partial charge >= 0.3 is 96.7 Å². The van der Waals surface area contributed by atoms with E-state index < -0.39 is 19.9 Å². The normalized spacial score (nSPS) is 17.1. The summed E-state index contributed by atoms with van der Waals surface area (Å²) in [7, 11) is 0. The van der Waals surface area contributed by atoms with E-state index in [2.05, 4.69) is 0 Å². The molecule has 0 aliphatic heterocycles. The Morgan fingerprint density at radius 1 is 1.47 bits per heavy atom. The van der Waals surface area contributed by atoms with E-state index in [1.807, 2.05) is 0 Å². The molecule has 1 aromatic rings. The molecule has 0 saturated heterocycles. The van der Waals surface area contributed by atoms with E-state index in [1.54, 1.807) is 31.2 Å². The van der Waals surface area contributed by atoms with Crippen molar-refractivity contribution in [2.24, 2.45) is 0 Å². The van der Waals surface area contributed by atoms with Crippen LogP contribution in [-0.2, 0) is 3.74 Å². The molecule has 0 saturated carbocycles. The zero-order valence-corrected chi connectivity index (χ0v) is 11.1. The summed E-state index contributed by atoms with van der Waals surface area (Å²) in [6.45, 7) is 1.77. The molecule has 0 spiro atoms. The second kappa shape index (κ2) is 5.22. The fourth-order valence-electron chi connectivity index (χ4n) is 1.25. The van der Waals surface area contributed by atoms with Gasteiger partial charge in [-0.05, 0) is 0 Å².